The molecule has 0 N–H and O–H groups in total. The molecule has 1 heterocycles. The maximum atomic E-state index is 13.2. The maximum absolute atomic E-state index is 13.2. The van der Waals surface area contributed by atoms with Crippen LogP contribution in [0.1, 0.15) is 18.4 Å². The van der Waals surface area contributed by atoms with E-state index in [2.05, 4.69) is 39.8 Å². The zero-order chi connectivity index (χ0) is 13.1. The second-order valence-corrected chi connectivity index (χ2v) is 5.62. The van der Waals surface area contributed by atoms with Crippen molar-refractivity contribution in [2.75, 3.05) is 32.1 Å². The van der Waals surface area contributed by atoms with E-state index < -0.39 is 0 Å². The third-order valence-electron chi connectivity index (χ3n) is 3.75. The number of alkyl halides is 1. The van der Waals surface area contributed by atoms with Crippen molar-refractivity contribution < 1.29 is 4.39 Å². The van der Waals surface area contributed by atoms with Crippen LogP contribution in [0, 0.1) is 5.82 Å². The summed E-state index contributed by atoms with van der Waals surface area (Å²) >= 11 is 3.43. The van der Waals surface area contributed by atoms with E-state index >= 15 is 0 Å². The Morgan fingerprint density at radius 2 is 2.28 bits per heavy atom. The molecule has 0 amide bonds. The van der Waals surface area contributed by atoms with Crippen molar-refractivity contribution >= 4 is 21.6 Å². The number of halogens is 2. The van der Waals surface area contributed by atoms with E-state index in [4.69, 9.17) is 0 Å². The summed E-state index contributed by atoms with van der Waals surface area (Å²) < 4.78 is 13.2. The van der Waals surface area contributed by atoms with Gasteiger partial charge in [0.2, 0.25) is 0 Å². The summed E-state index contributed by atoms with van der Waals surface area (Å²) in [7, 11) is 4.27. The monoisotopic (exact) mass is 314 g/mol. The first-order valence-electron chi connectivity index (χ1n) is 6.37. The first-order chi connectivity index (χ1) is 8.61. The summed E-state index contributed by atoms with van der Waals surface area (Å²) in [6, 6.07) is 5.64. The summed E-state index contributed by atoms with van der Waals surface area (Å²) in [5.41, 5.74) is 2.13. The molecule has 2 rings (SSSR count). The number of likely N-dealkylation sites (N-methyl/N-ethyl adjacent to an activating group) is 2. The van der Waals surface area contributed by atoms with Crippen LogP contribution in [-0.4, -0.2) is 38.1 Å². The molecule has 1 saturated heterocycles. The number of hydrogen-bond donors (Lipinski definition) is 0. The third kappa shape index (κ3) is 3.04. The fourth-order valence-electron chi connectivity index (χ4n) is 2.66. The van der Waals surface area contributed by atoms with Crippen LogP contribution in [0.4, 0.5) is 10.1 Å². The predicted octanol–water partition coefficient (Wildman–Crippen LogP) is 3.25. The Morgan fingerprint density at radius 1 is 1.50 bits per heavy atom. The largest absolute Gasteiger partial charge is 0.373 e. The van der Waals surface area contributed by atoms with Crippen molar-refractivity contribution in [3.8, 4) is 0 Å². The fraction of sp³-hybridized carbons (Fsp3) is 0.571. The van der Waals surface area contributed by atoms with Crippen molar-refractivity contribution in [3.63, 3.8) is 0 Å². The molecule has 1 fully saturated rings. The molecule has 18 heavy (non-hydrogen) atoms. The summed E-state index contributed by atoms with van der Waals surface area (Å²) in [5, 5.41) is 0.685. The molecule has 0 saturated carbocycles. The highest BCUT2D eigenvalue weighted by Gasteiger charge is 2.22. The normalized spacial score (nSPS) is 20.3. The highest BCUT2D eigenvalue weighted by molar-refractivity contribution is 9.08. The van der Waals surface area contributed by atoms with E-state index in [1.165, 1.54) is 25.5 Å². The third-order valence-corrected chi connectivity index (χ3v) is 4.36. The Morgan fingerprint density at radius 3 is 2.89 bits per heavy atom. The SMILES string of the molecule is CN(CC1CCCN1C)c1ccc(F)cc1CBr. The molecule has 1 unspecified atom stereocenters. The minimum atomic E-state index is -0.167. The summed E-state index contributed by atoms with van der Waals surface area (Å²) in [4.78, 5) is 4.65. The fourth-order valence-corrected chi connectivity index (χ4v) is 3.11. The van der Waals surface area contributed by atoms with E-state index in [-0.39, 0.29) is 5.82 Å². The van der Waals surface area contributed by atoms with Gasteiger partial charge in [-0.1, -0.05) is 15.9 Å². The minimum Gasteiger partial charge on any atom is -0.373 e. The quantitative estimate of drug-likeness (QED) is 0.787. The Labute approximate surface area is 117 Å². The number of hydrogen-bond acceptors (Lipinski definition) is 2. The highest BCUT2D eigenvalue weighted by Crippen LogP contribution is 2.25. The van der Waals surface area contributed by atoms with Gasteiger partial charge in [0.05, 0.1) is 0 Å². The molecule has 1 aromatic rings. The molecule has 1 aromatic carbocycles. The van der Waals surface area contributed by atoms with E-state index in [0.717, 1.165) is 17.8 Å². The predicted molar refractivity (Wildman–Crippen MR) is 78.0 cm³/mol. The summed E-state index contributed by atoms with van der Waals surface area (Å²) in [5.74, 6) is -0.167. The molecule has 0 spiro atoms. The summed E-state index contributed by atoms with van der Waals surface area (Å²) in [6.45, 7) is 2.19. The molecule has 4 heteroatoms. The van der Waals surface area contributed by atoms with Gasteiger partial charge < -0.3 is 9.80 Å². The lowest BCUT2D eigenvalue weighted by molar-refractivity contribution is 0.314. The Bertz CT molecular complexity index is 411. The van der Waals surface area contributed by atoms with Crippen LogP contribution in [0.5, 0.6) is 0 Å². The van der Waals surface area contributed by atoms with Gasteiger partial charge in [0, 0.05) is 30.7 Å². The van der Waals surface area contributed by atoms with Crippen molar-refractivity contribution in [1.29, 1.82) is 0 Å². The van der Waals surface area contributed by atoms with Crippen molar-refractivity contribution in [2.45, 2.75) is 24.2 Å². The van der Waals surface area contributed by atoms with Crippen LogP contribution in [0.3, 0.4) is 0 Å². The minimum absolute atomic E-state index is 0.167. The number of rotatable bonds is 4. The topological polar surface area (TPSA) is 6.48 Å². The Hall–Kier alpha value is -0.610. The van der Waals surface area contributed by atoms with E-state index in [1.54, 1.807) is 6.07 Å². The summed E-state index contributed by atoms with van der Waals surface area (Å²) in [6.07, 6.45) is 2.54. The first kappa shape index (κ1) is 13.8. The average Bonchev–Trinajstić information content (AvgIpc) is 2.74. The van der Waals surface area contributed by atoms with E-state index in [1.807, 2.05) is 6.07 Å². The zero-order valence-electron chi connectivity index (χ0n) is 11.0. The van der Waals surface area contributed by atoms with E-state index in [0.29, 0.717) is 11.4 Å². The van der Waals surface area contributed by atoms with Gasteiger partial charge in [-0.15, -0.1) is 0 Å². The standard InChI is InChI=1S/C14H20BrFN2/c1-17-7-3-4-13(17)10-18(2)14-6-5-12(16)8-11(14)9-15/h5-6,8,13H,3-4,7,9-10H2,1-2H3. The molecular weight excluding hydrogens is 295 g/mol. The van der Waals surface area contributed by atoms with Crippen LogP contribution >= 0.6 is 15.9 Å². The van der Waals surface area contributed by atoms with Crippen LogP contribution in [0.2, 0.25) is 0 Å². The molecular formula is C14H20BrFN2. The molecule has 0 aromatic heterocycles. The number of anilines is 1. The van der Waals surface area contributed by atoms with Crippen LogP contribution in [-0.2, 0) is 5.33 Å². The number of nitrogens with zero attached hydrogens (tertiary/aromatic N) is 2. The lowest BCUT2D eigenvalue weighted by atomic mass is 10.1. The van der Waals surface area contributed by atoms with Crippen LogP contribution < -0.4 is 4.90 Å². The van der Waals surface area contributed by atoms with E-state index in [9.17, 15) is 4.39 Å². The smallest absolute Gasteiger partial charge is 0.123 e. The van der Waals surface area contributed by atoms with Gasteiger partial charge >= 0.3 is 0 Å². The van der Waals surface area contributed by atoms with Gasteiger partial charge in [-0.05, 0) is 50.2 Å². The van der Waals surface area contributed by atoms with Crippen molar-refractivity contribution in [3.05, 3.63) is 29.6 Å². The Balaban J connectivity index is 2.10. The second kappa shape index (κ2) is 6.02. The molecule has 1 aliphatic heterocycles. The molecule has 0 radical (unpaired) electrons. The lowest BCUT2D eigenvalue weighted by Crippen LogP contribution is -2.36. The van der Waals surface area contributed by atoms with Crippen molar-refractivity contribution in [2.24, 2.45) is 0 Å². The van der Waals surface area contributed by atoms with Gasteiger partial charge in [0.15, 0.2) is 0 Å². The van der Waals surface area contributed by atoms with Crippen LogP contribution in [0.25, 0.3) is 0 Å². The van der Waals surface area contributed by atoms with Crippen molar-refractivity contribution in [1.82, 2.24) is 4.90 Å². The molecule has 100 valence electrons. The molecule has 1 atom stereocenters. The van der Waals surface area contributed by atoms with Gasteiger partial charge in [0.1, 0.15) is 5.82 Å². The van der Waals surface area contributed by atoms with Gasteiger partial charge in [-0.3, -0.25) is 0 Å². The highest BCUT2D eigenvalue weighted by atomic mass is 79.9. The second-order valence-electron chi connectivity index (χ2n) is 5.06. The molecule has 0 bridgehead atoms. The van der Waals surface area contributed by atoms with Gasteiger partial charge in [0.25, 0.3) is 0 Å². The van der Waals surface area contributed by atoms with Crippen LogP contribution in [0.15, 0.2) is 18.2 Å². The lowest BCUT2D eigenvalue weighted by Gasteiger charge is -2.28. The Kier molecular flexibility index (Phi) is 4.62. The zero-order valence-corrected chi connectivity index (χ0v) is 12.6. The first-order valence-corrected chi connectivity index (χ1v) is 7.49. The number of benzene rings is 1. The number of likely N-dealkylation sites (tertiary alicyclic amines) is 1. The molecule has 1 aliphatic rings. The molecule has 0 aliphatic carbocycles. The average molecular weight is 315 g/mol. The van der Waals surface area contributed by atoms with Gasteiger partial charge in [-0.25, -0.2) is 4.39 Å². The van der Waals surface area contributed by atoms with Gasteiger partial charge in [-0.2, -0.15) is 0 Å². The molecule has 2 nitrogen and oxygen atoms in total. The maximum Gasteiger partial charge on any atom is 0.123 e.